The zero-order chi connectivity index (χ0) is 37.5. The van der Waals surface area contributed by atoms with E-state index >= 15 is 0 Å². The lowest BCUT2D eigenvalue weighted by Crippen LogP contribution is -2.35. The van der Waals surface area contributed by atoms with Gasteiger partial charge in [-0.25, -0.2) is 0 Å². The van der Waals surface area contributed by atoms with Crippen molar-refractivity contribution in [2.24, 2.45) is 0 Å². The Labute approximate surface area is 323 Å². The first-order chi connectivity index (χ1) is 26.7. The van der Waals surface area contributed by atoms with Crippen LogP contribution in [0.25, 0.3) is 22.3 Å². The molecule has 2 aliphatic carbocycles. The van der Waals surface area contributed by atoms with E-state index in [9.17, 15) is 5.11 Å². The van der Waals surface area contributed by atoms with E-state index in [2.05, 4.69) is 190 Å². The van der Waals surface area contributed by atoms with Crippen LogP contribution in [0.3, 0.4) is 0 Å². The molecule has 55 heavy (non-hydrogen) atoms. The fraction of sp³-hybridized carbons (Fsp3) is 0.157. The third-order valence-corrected chi connectivity index (χ3v) is 12.2. The summed E-state index contributed by atoms with van der Waals surface area (Å²) in [6, 6.07) is 56.7. The number of phenolic OH excluding ortho intramolecular Hbond substituents is 1. The number of nitrogens with zero attached hydrogens (tertiary/aromatic N) is 3. The smallest absolute Gasteiger partial charge is 0.120 e. The fourth-order valence-electron chi connectivity index (χ4n) is 9.66. The highest BCUT2D eigenvalue weighted by Gasteiger charge is 2.52. The monoisotopic (exact) mass is 713 g/mol. The lowest BCUT2D eigenvalue weighted by Gasteiger charge is -2.38. The average Bonchev–Trinajstić information content (AvgIpc) is 3.87. The van der Waals surface area contributed by atoms with E-state index in [0.29, 0.717) is 0 Å². The minimum absolute atomic E-state index is 0.227. The predicted octanol–water partition coefficient (Wildman–Crippen LogP) is 11.0. The zero-order valence-corrected chi connectivity index (χ0v) is 31.7. The number of pyridine rings is 1. The van der Waals surface area contributed by atoms with Crippen molar-refractivity contribution in [2.75, 3.05) is 18.6 Å². The maximum atomic E-state index is 12.0. The molecule has 4 heteroatoms. The van der Waals surface area contributed by atoms with Crippen LogP contribution in [0.2, 0.25) is 0 Å². The maximum Gasteiger partial charge on any atom is 0.120 e. The summed E-state index contributed by atoms with van der Waals surface area (Å²) in [5.41, 5.74) is 13.8. The molecular formula is C51H43N3O. The molecule has 0 spiro atoms. The standard InChI is InChI=1S/C51H43N3O/c1-49(2,3)35-31-47(52-48(32-35)51(45-26-13-14-27-46(45)55)43-24-11-7-20-39(43)40-21-8-12-25-44(40)51)50(34-16-15-17-36(30-34)54-29-28-53(4)33-54)41-22-9-5-18-37(41)38-19-6-10-23-42(38)50/h5-32,55H,33H2,1-4H3. The molecular weight excluding hydrogens is 671 g/mol. The van der Waals surface area contributed by atoms with Crippen LogP contribution in [0, 0.1) is 0 Å². The summed E-state index contributed by atoms with van der Waals surface area (Å²) in [6.07, 6.45) is 4.28. The van der Waals surface area contributed by atoms with Gasteiger partial charge in [-0.15, -0.1) is 0 Å². The van der Waals surface area contributed by atoms with Gasteiger partial charge >= 0.3 is 0 Å². The van der Waals surface area contributed by atoms with Crippen LogP contribution in [0.1, 0.15) is 71.1 Å². The number of benzene rings is 6. The Morgan fingerprint density at radius 1 is 0.527 bits per heavy atom. The van der Waals surface area contributed by atoms with Crippen molar-refractivity contribution in [3.63, 3.8) is 0 Å². The summed E-state index contributed by atoms with van der Waals surface area (Å²) in [5.74, 6) is 0.251. The van der Waals surface area contributed by atoms with Crippen LogP contribution in [0.4, 0.5) is 5.69 Å². The molecule has 0 fully saturated rings. The molecule has 0 atom stereocenters. The number of aromatic hydroxyl groups is 1. The van der Waals surface area contributed by atoms with Gasteiger partial charge in [0.25, 0.3) is 0 Å². The molecule has 1 N–H and O–H groups in total. The van der Waals surface area contributed by atoms with Crippen molar-refractivity contribution in [2.45, 2.75) is 37.0 Å². The van der Waals surface area contributed by atoms with Crippen molar-refractivity contribution < 1.29 is 5.11 Å². The predicted molar refractivity (Wildman–Crippen MR) is 223 cm³/mol. The van der Waals surface area contributed by atoms with E-state index in [1.165, 1.54) is 33.4 Å². The molecule has 0 amide bonds. The molecule has 6 aromatic carbocycles. The van der Waals surface area contributed by atoms with E-state index in [1.54, 1.807) is 0 Å². The Hall–Kier alpha value is -6.39. The van der Waals surface area contributed by atoms with Gasteiger partial charge in [0.2, 0.25) is 0 Å². The van der Waals surface area contributed by atoms with Crippen molar-refractivity contribution in [1.29, 1.82) is 0 Å². The van der Waals surface area contributed by atoms with Gasteiger partial charge in [0, 0.05) is 30.7 Å². The molecule has 10 rings (SSSR count). The number of hydrogen-bond donors (Lipinski definition) is 1. The van der Waals surface area contributed by atoms with E-state index in [4.69, 9.17) is 4.98 Å². The molecule has 7 aromatic rings. The lowest BCUT2D eigenvalue weighted by atomic mass is 9.66. The summed E-state index contributed by atoms with van der Waals surface area (Å²) < 4.78 is 0. The molecule has 268 valence electrons. The maximum absolute atomic E-state index is 12.0. The number of anilines is 1. The van der Waals surface area contributed by atoms with Crippen LogP contribution >= 0.6 is 0 Å². The summed E-state index contributed by atoms with van der Waals surface area (Å²) in [4.78, 5) is 10.5. The second-order valence-electron chi connectivity index (χ2n) is 16.3. The molecule has 0 saturated carbocycles. The highest BCUT2D eigenvalue weighted by molar-refractivity contribution is 5.88. The van der Waals surface area contributed by atoms with E-state index < -0.39 is 10.8 Å². The summed E-state index contributed by atoms with van der Waals surface area (Å²) in [7, 11) is 2.11. The number of hydrogen-bond acceptors (Lipinski definition) is 4. The van der Waals surface area contributed by atoms with E-state index in [0.717, 1.165) is 51.6 Å². The second kappa shape index (κ2) is 12.1. The molecule has 0 bridgehead atoms. The molecule has 3 aliphatic rings. The van der Waals surface area contributed by atoms with Gasteiger partial charge in [-0.1, -0.05) is 148 Å². The quantitative estimate of drug-likeness (QED) is 0.193. The number of fused-ring (bicyclic) bond motifs is 6. The first-order valence-corrected chi connectivity index (χ1v) is 19.2. The third kappa shape index (κ3) is 4.67. The molecule has 0 unspecified atom stereocenters. The molecule has 1 aliphatic heterocycles. The third-order valence-electron chi connectivity index (χ3n) is 12.2. The Morgan fingerprint density at radius 2 is 1.00 bits per heavy atom. The molecule has 4 nitrogen and oxygen atoms in total. The van der Waals surface area contributed by atoms with Crippen LogP contribution in [-0.4, -0.2) is 28.7 Å². The zero-order valence-electron chi connectivity index (χ0n) is 31.7. The minimum Gasteiger partial charge on any atom is -0.508 e. The largest absolute Gasteiger partial charge is 0.508 e. The van der Waals surface area contributed by atoms with Crippen molar-refractivity contribution in [3.8, 4) is 28.0 Å². The number of para-hydroxylation sites is 1. The topological polar surface area (TPSA) is 39.6 Å². The van der Waals surface area contributed by atoms with Crippen molar-refractivity contribution in [3.05, 3.63) is 220 Å². The number of rotatable bonds is 5. The van der Waals surface area contributed by atoms with Crippen molar-refractivity contribution in [1.82, 2.24) is 9.88 Å². The first kappa shape index (κ1) is 33.2. The van der Waals surface area contributed by atoms with E-state index in [-0.39, 0.29) is 11.2 Å². The van der Waals surface area contributed by atoms with E-state index in [1.807, 2.05) is 18.2 Å². The van der Waals surface area contributed by atoms with Crippen LogP contribution in [0.15, 0.2) is 170 Å². The first-order valence-electron chi connectivity index (χ1n) is 19.2. The Kier molecular flexibility index (Phi) is 7.28. The van der Waals surface area contributed by atoms with Gasteiger partial charge in [0.15, 0.2) is 0 Å². The highest BCUT2D eigenvalue weighted by atomic mass is 16.3. The van der Waals surface area contributed by atoms with Gasteiger partial charge in [-0.05, 0) is 91.4 Å². The van der Waals surface area contributed by atoms with Gasteiger partial charge in [-0.3, -0.25) is 4.98 Å². The Morgan fingerprint density at radius 3 is 1.49 bits per heavy atom. The molecule has 0 saturated heterocycles. The Balaban J connectivity index is 1.36. The van der Waals surface area contributed by atoms with Crippen molar-refractivity contribution >= 4 is 5.69 Å². The summed E-state index contributed by atoms with van der Waals surface area (Å²) >= 11 is 0. The SMILES string of the molecule is CN1C=CN(c2cccc(C3(c4cc(C(C)(C)C)cc(C5(c6ccccc6O)c6ccccc6-c6ccccc65)n4)c4ccccc4-c4ccccc43)c2)C1. The van der Waals surface area contributed by atoms with Crippen LogP contribution < -0.4 is 4.90 Å². The summed E-state index contributed by atoms with van der Waals surface area (Å²) in [6.45, 7) is 7.66. The van der Waals surface area contributed by atoms with Crippen LogP contribution in [0.5, 0.6) is 5.75 Å². The average molecular weight is 714 g/mol. The number of aromatic nitrogens is 1. The minimum atomic E-state index is -0.889. The second-order valence-corrected chi connectivity index (χ2v) is 16.3. The lowest BCUT2D eigenvalue weighted by molar-refractivity contribution is 0.460. The van der Waals surface area contributed by atoms with Gasteiger partial charge < -0.3 is 14.9 Å². The molecule has 2 heterocycles. The fourth-order valence-corrected chi connectivity index (χ4v) is 9.66. The molecule has 1 aromatic heterocycles. The Bertz CT molecular complexity index is 2590. The molecule has 0 radical (unpaired) electrons. The van der Waals surface area contributed by atoms with Gasteiger partial charge in [-0.2, -0.15) is 0 Å². The highest BCUT2D eigenvalue weighted by Crippen LogP contribution is 2.60. The summed E-state index contributed by atoms with van der Waals surface area (Å²) in [5, 5.41) is 12.0. The number of phenols is 1. The van der Waals surface area contributed by atoms with Crippen LogP contribution in [-0.2, 0) is 16.2 Å². The van der Waals surface area contributed by atoms with Gasteiger partial charge in [0.05, 0.1) is 28.9 Å². The normalized spacial score (nSPS) is 15.8. The van der Waals surface area contributed by atoms with Gasteiger partial charge in [0.1, 0.15) is 5.75 Å².